The number of nitrogens with zero attached hydrogens (tertiary/aromatic N) is 1. The molecule has 3 rings (SSSR count). The molecule has 1 aliphatic heterocycles. The van der Waals surface area contributed by atoms with Gasteiger partial charge < -0.3 is 5.32 Å². The predicted octanol–water partition coefficient (Wildman–Crippen LogP) is 3.11. The molecule has 2 aromatic carbocycles. The molecule has 1 heterocycles. The van der Waals surface area contributed by atoms with Crippen LogP contribution >= 0.6 is 11.6 Å². The summed E-state index contributed by atoms with van der Waals surface area (Å²) in [5.74, 6) is -0.412. The van der Waals surface area contributed by atoms with E-state index in [1.807, 2.05) is 43.3 Å². The van der Waals surface area contributed by atoms with Gasteiger partial charge in [-0.05, 0) is 43.1 Å². The van der Waals surface area contributed by atoms with E-state index in [0.717, 1.165) is 12.0 Å². The minimum Gasteiger partial charge on any atom is -0.305 e. The van der Waals surface area contributed by atoms with Crippen molar-refractivity contribution in [3.8, 4) is 0 Å². The molecule has 124 valence electrons. The molecule has 0 spiro atoms. The van der Waals surface area contributed by atoms with Crippen LogP contribution in [0.4, 0.5) is 5.69 Å². The third-order valence-electron chi connectivity index (χ3n) is 4.21. The summed E-state index contributed by atoms with van der Waals surface area (Å²) >= 11 is 6.11. The Morgan fingerprint density at radius 3 is 2.62 bits per heavy atom. The van der Waals surface area contributed by atoms with E-state index < -0.39 is 6.04 Å². The average molecular weight is 343 g/mol. The topological polar surface area (TPSA) is 49.4 Å². The van der Waals surface area contributed by atoms with Crippen LogP contribution in [0.2, 0.25) is 5.02 Å². The van der Waals surface area contributed by atoms with Gasteiger partial charge in [0.1, 0.15) is 0 Å². The fourth-order valence-corrected chi connectivity index (χ4v) is 2.99. The first-order chi connectivity index (χ1) is 11.6. The lowest BCUT2D eigenvalue weighted by Crippen LogP contribution is -2.39. The van der Waals surface area contributed by atoms with E-state index in [2.05, 4.69) is 5.32 Å². The van der Waals surface area contributed by atoms with Crippen molar-refractivity contribution < 1.29 is 9.59 Å². The Balaban J connectivity index is 1.64. The van der Waals surface area contributed by atoms with Crippen LogP contribution in [0.5, 0.6) is 0 Å². The first-order valence-electron chi connectivity index (χ1n) is 7.96. The highest BCUT2D eigenvalue weighted by atomic mass is 35.5. The van der Waals surface area contributed by atoms with Crippen molar-refractivity contribution in [2.24, 2.45) is 0 Å². The van der Waals surface area contributed by atoms with Crippen LogP contribution < -0.4 is 10.2 Å². The molecule has 1 N–H and O–H groups in total. The molecule has 5 heteroatoms. The molecule has 0 bridgehead atoms. The van der Waals surface area contributed by atoms with E-state index in [9.17, 15) is 9.59 Å². The maximum absolute atomic E-state index is 12.6. The minimum absolute atomic E-state index is 0.180. The lowest BCUT2D eigenvalue weighted by atomic mass is 10.1. The second-order valence-electron chi connectivity index (χ2n) is 5.95. The number of nitrogens with one attached hydrogen (secondary N) is 1. The molecular formula is C19H19ClN2O2. The van der Waals surface area contributed by atoms with Crippen molar-refractivity contribution in [1.29, 1.82) is 0 Å². The van der Waals surface area contributed by atoms with Crippen LogP contribution in [0.1, 0.15) is 17.5 Å². The molecule has 0 aromatic heterocycles. The van der Waals surface area contributed by atoms with Crippen molar-refractivity contribution in [3.63, 3.8) is 0 Å². The van der Waals surface area contributed by atoms with E-state index in [1.54, 1.807) is 12.1 Å². The molecule has 0 unspecified atom stereocenters. The highest BCUT2D eigenvalue weighted by Crippen LogP contribution is 2.27. The Kier molecular flexibility index (Phi) is 4.97. The lowest BCUT2D eigenvalue weighted by molar-refractivity contribution is -0.121. The Morgan fingerprint density at radius 1 is 1.17 bits per heavy atom. The summed E-state index contributed by atoms with van der Waals surface area (Å²) in [6.45, 7) is 2.53. The summed E-state index contributed by atoms with van der Waals surface area (Å²) in [6, 6.07) is 14.8. The van der Waals surface area contributed by atoms with Crippen LogP contribution in [0.25, 0.3) is 0 Å². The standard InChI is InChI=1S/C19H19ClN2O2/c1-13-7-8-15(11-16(13)20)22-18(23)12-17(19(22)24)21-10-9-14-5-3-2-4-6-14/h2-8,11,17,21H,9-10,12H2,1H3/t17-/m0/s1. The SMILES string of the molecule is Cc1ccc(N2C(=O)C[C@H](NCCc3ccccc3)C2=O)cc1Cl. The molecule has 24 heavy (non-hydrogen) atoms. The van der Waals surface area contributed by atoms with Crippen LogP contribution in [-0.4, -0.2) is 24.4 Å². The van der Waals surface area contributed by atoms with E-state index >= 15 is 0 Å². The molecule has 1 saturated heterocycles. The van der Waals surface area contributed by atoms with Gasteiger partial charge in [0, 0.05) is 5.02 Å². The summed E-state index contributed by atoms with van der Waals surface area (Å²) in [5, 5.41) is 3.74. The number of imide groups is 1. The molecular weight excluding hydrogens is 324 g/mol. The number of carbonyl (C=O) groups is 2. The molecule has 1 atom stereocenters. The number of hydrogen-bond acceptors (Lipinski definition) is 3. The van der Waals surface area contributed by atoms with Crippen molar-refractivity contribution in [2.45, 2.75) is 25.8 Å². The van der Waals surface area contributed by atoms with Gasteiger partial charge >= 0.3 is 0 Å². The fraction of sp³-hybridized carbons (Fsp3) is 0.263. The number of hydrogen-bond donors (Lipinski definition) is 1. The van der Waals surface area contributed by atoms with Gasteiger partial charge in [-0.3, -0.25) is 9.59 Å². The summed E-state index contributed by atoms with van der Waals surface area (Å²) < 4.78 is 0. The Bertz CT molecular complexity index is 761. The summed E-state index contributed by atoms with van der Waals surface area (Å²) in [4.78, 5) is 26.0. The largest absolute Gasteiger partial charge is 0.305 e. The number of benzene rings is 2. The summed E-state index contributed by atoms with van der Waals surface area (Å²) in [5.41, 5.74) is 2.65. The Labute approximate surface area is 146 Å². The molecule has 0 aliphatic carbocycles. The lowest BCUT2D eigenvalue weighted by Gasteiger charge is -2.16. The maximum atomic E-state index is 12.6. The highest BCUT2D eigenvalue weighted by Gasteiger charge is 2.39. The number of anilines is 1. The monoisotopic (exact) mass is 342 g/mol. The number of aryl methyl sites for hydroxylation is 1. The first-order valence-corrected chi connectivity index (χ1v) is 8.34. The van der Waals surface area contributed by atoms with E-state index in [-0.39, 0.29) is 18.2 Å². The van der Waals surface area contributed by atoms with Gasteiger partial charge in [0.2, 0.25) is 5.91 Å². The summed E-state index contributed by atoms with van der Waals surface area (Å²) in [6.07, 6.45) is 0.994. The molecule has 4 nitrogen and oxygen atoms in total. The molecule has 0 radical (unpaired) electrons. The van der Waals surface area contributed by atoms with Gasteiger partial charge in [-0.1, -0.05) is 48.0 Å². The van der Waals surface area contributed by atoms with E-state index in [4.69, 9.17) is 11.6 Å². The molecule has 1 fully saturated rings. The van der Waals surface area contributed by atoms with E-state index in [0.29, 0.717) is 17.3 Å². The molecule has 2 aromatic rings. The second kappa shape index (κ2) is 7.16. The van der Waals surface area contributed by atoms with Crippen LogP contribution in [0.15, 0.2) is 48.5 Å². The number of carbonyl (C=O) groups excluding carboxylic acids is 2. The van der Waals surface area contributed by atoms with Gasteiger partial charge in [0.05, 0.1) is 18.2 Å². The van der Waals surface area contributed by atoms with Crippen LogP contribution in [0, 0.1) is 6.92 Å². The normalized spacial score (nSPS) is 17.6. The second-order valence-corrected chi connectivity index (χ2v) is 6.35. The summed E-state index contributed by atoms with van der Waals surface area (Å²) in [7, 11) is 0. The molecule has 2 amide bonds. The smallest absolute Gasteiger partial charge is 0.251 e. The van der Waals surface area contributed by atoms with Gasteiger partial charge in [0.25, 0.3) is 5.91 Å². The minimum atomic E-state index is -0.471. The third-order valence-corrected chi connectivity index (χ3v) is 4.61. The van der Waals surface area contributed by atoms with Crippen LogP contribution in [-0.2, 0) is 16.0 Å². The van der Waals surface area contributed by atoms with Crippen molar-refractivity contribution in [1.82, 2.24) is 5.32 Å². The third kappa shape index (κ3) is 3.50. The number of amides is 2. The van der Waals surface area contributed by atoms with Gasteiger partial charge in [-0.2, -0.15) is 0 Å². The van der Waals surface area contributed by atoms with Gasteiger partial charge in [0.15, 0.2) is 0 Å². The zero-order chi connectivity index (χ0) is 17.1. The Hall–Kier alpha value is -2.17. The maximum Gasteiger partial charge on any atom is 0.251 e. The zero-order valence-corrected chi connectivity index (χ0v) is 14.2. The average Bonchev–Trinajstić information content (AvgIpc) is 2.85. The number of halogens is 1. The van der Waals surface area contributed by atoms with Gasteiger partial charge in [-0.15, -0.1) is 0 Å². The molecule has 1 aliphatic rings. The molecule has 0 saturated carbocycles. The highest BCUT2D eigenvalue weighted by molar-refractivity contribution is 6.32. The number of rotatable bonds is 5. The van der Waals surface area contributed by atoms with Crippen LogP contribution in [0.3, 0.4) is 0 Å². The first kappa shape index (κ1) is 16.7. The zero-order valence-electron chi connectivity index (χ0n) is 13.5. The van der Waals surface area contributed by atoms with Crippen molar-refractivity contribution >= 4 is 29.1 Å². The van der Waals surface area contributed by atoms with Gasteiger partial charge in [-0.25, -0.2) is 4.90 Å². The Morgan fingerprint density at radius 2 is 1.92 bits per heavy atom. The quantitative estimate of drug-likeness (QED) is 0.849. The fourth-order valence-electron chi connectivity index (χ4n) is 2.82. The predicted molar refractivity (Wildman–Crippen MR) is 95.2 cm³/mol. The van der Waals surface area contributed by atoms with Crippen molar-refractivity contribution in [3.05, 3.63) is 64.7 Å². The van der Waals surface area contributed by atoms with Crippen molar-refractivity contribution in [2.75, 3.05) is 11.4 Å². The van der Waals surface area contributed by atoms with E-state index in [1.165, 1.54) is 10.5 Å².